The molecule has 0 radical (unpaired) electrons. The molecule has 5 heteroatoms. The number of amides is 2. The van der Waals surface area contributed by atoms with Gasteiger partial charge in [-0.2, -0.15) is 0 Å². The van der Waals surface area contributed by atoms with Crippen molar-refractivity contribution in [1.29, 1.82) is 0 Å². The third-order valence-electron chi connectivity index (χ3n) is 6.23. The van der Waals surface area contributed by atoms with Crippen LogP contribution in [0.4, 0.5) is 5.69 Å². The molecule has 2 N–H and O–H groups in total. The van der Waals surface area contributed by atoms with Crippen molar-refractivity contribution in [2.75, 3.05) is 5.32 Å². The van der Waals surface area contributed by atoms with E-state index in [1.807, 2.05) is 66.7 Å². The van der Waals surface area contributed by atoms with E-state index in [0.717, 1.165) is 53.1 Å². The van der Waals surface area contributed by atoms with Gasteiger partial charge >= 0.3 is 0 Å². The Bertz CT molecular complexity index is 1310. The molecule has 0 bridgehead atoms. The molecule has 5 rings (SSSR count). The summed E-state index contributed by atoms with van der Waals surface area (Å²) < 4.78 is 0. The number of hydrogen-bond donors (Lipinski definition) is 2. The number of nitrogens with zero attached hydrogens (tertiary/aromatic N) is 1. The van der Waals surface area contributed by atoms with E-state index in [1.165, 1.54) is 0 Å². The highest BCUT2D eigenvalue weighted by Crippen LogP contribution is 2.28. The van der Waals surface area contributed by atoms with Crippen molar-refractivity contribution in [3.8, 4) is 0 Å². The first kappa shape index (κ1) is 20.2. The van der Waals surface area contributed by atoms with Gasteiger partial charge in [-0.05, 0) is 53.4 Å². The molecular formula is C27H25N3O2. The van der Waals surface area contributed by atoms with E-state index in [4.69, 9.17) is 0 Å². The average molecular weight is 424 g/mol. The Kier molecular flexibility index (Phi) is 5.55. The van der Waals surface area contributed by atoms with E-state index in [2.05, 4.69) is 15.6 Å². The molecule has 1 heterocycles. The number of rotatable bonds is 5. The van der Waals surface area contributed by atoms with Crippen molar-refractivity contribution in [3.05, 3.63) is 84.1 Å². The topological polar surface area (TPSA) is 71.1 Å². The Morgan fingerprint density at radius 1 is 0.906 bits per heavy atom. The quantitative estimate of drug-likeness (QED) is 0.420. The first-order chi connectivity index (χ1) is 15.7. The SMILES string of the molecule is O=C(NCc1cccc(NC(=O)C2CCCC2)c1)c1cc2ccccc2c2cccnc12. The summed E-state index contributed by atoms with van der Waals surface area (Å²) in [6, 6.07) is 21.5. The van der Waals surface area contributed by atoms with Crippen molar-refractivity contribution < 1.29 is 9.59 Å². The van der Waals surface area contributed by atoms with Gasteiger partial charge in [-0.25, -0.2) is 0 Å². The first-order valence-corrected chi connectivity index (χ1v) is 11.1. The van der Waals surface area contributed by atoms with Crippen LogP contribution in [-0.4, -0.2) is 16.8 Å². The molecule has 32 heavy (non-hydrogen) atoms. The second kappa shape index (κ2) is 8.79. The predicted octanol–water partition coefficient (Wildman–Crippen LogP) is 5.45. The van der Waals surface area contributed by atoms with Gasteiger partial charge in [-0.1, -0.05) is 55.3 Å². The number of aromatic nitrogens is 1. The molecule has 1 fully saturated rings. The van der Waals surface area contributed by atoms with Gasteiger partial charge in [0.15, 0.2) is 0 Å². The Balaban J connectivity index is 1.34. The third kappa shape index (κ3) is 4.06. The van der Waals surface area contributed by atoms with Crippen molar-refractivity contribution in [1.82, 2.24) is 10.3 Å². The smallest absolute Gasteiger partial charge is 0.253 e. The lowest BCUT2D eigenvalue weighted by Gasteiger charge is -2.13. The Morgan fingerprint density at radius 3 is 2.59 bits per heavy atom. The van der Waals surface area contributed by atoms with Gasteiger partial charge < -0.3 is 10.6 Å². The maximum atomic E-state index is 13.1. The van der Waals surface area contributed by atoms with Gasteiger partial charge in [0.2, 0.25) is 5.91 Å². The summed E-state index contributed by atoms with van der Waals surface area (Å²) in [6.45, 7) is 0.368. The Labute approximate surface area is 186 Å². The van der Waals surface area contributed by atoms with E-state index < -0.39 is 0 Å². The fourth-order valence-corrected chi connectivity index (χ4v) is 4.57. The number of hydrogen-bond acceptors (Lipinski definition) is 3. The Morgan fingerprint density at radius 2 is 1.72 bits per heavy atom. The number of carbonyl (C=O) groups excluding carboxylic acids is 2. The molecule has 1 aliphatic rings. The number of nitrogens with one attached hydrogen (secondary N) is 2. The minimum absolute atomic E-state index is 0.0948. The van der Waals surface area contributed by atoms with Gasteiger partial charge in [0.05, 0.1) is 11.1 Å². The molecule has 160 valence electrons. The zero-order valence-electron chi connectivity index (χ0n) is 17.8. The second-order valence-electron chi connectivity index (χ2n) is 8.40. The third-order valence-corrected chi connectivity index (χ3v) is 6.23. The van der Waals surface area contributed by atoms with Gasteiger partial charge in [0.1, 0.15) is 0 Å². The standard InChI is InChI=1S/C27H25N3O2/c31-26(19-8-1-2-9-19)30-21-11-5-7-18(15-21)17-29-27(32)24-16-20-10-3-4-12-22(20)23-13-6-14-28-25(23)24/h3-7,10-16,19H,1-2,8-9,17H2,(H,29,32)(H,30,31). The fourth-order valence-electron chi connectivity index (χ4n) is 4.57. The van der Waals surface area contributed by atoms with Crippen molar-refractivity contribution in [2.45, 2.75) is 32.2 Å². The van der Waals surface area contributed by atoms with E-state index in [9.17, 15) is 9.59 Å². The molecule has 0 aliphatic heterocycles. The average Bonchev–Trinajstić information content (AvgIpc) is 3.38. The molecule has 0 saturated heterocycles. The molecule has 0 atom stereocenters. The monoisotopic (exact) mass is 423 g/mol. The molecule has 2 amide bonds. The second-order valence-corrected chi connectivity index (χ2v) is 8.40. The summed E-state index contributed by atoms with van der Waals surface area (Å²) >= 11 is 0. The molecule has 5 nitrogen and oxygen atoms in total. The number of fused-ring (bicyclic) bond motifs is 3. The fraction of sp³-hybridized carbons (Fsp3) is 0.222. The predicted molar refractivity (Wildman–Crippen MR) is 127 cm³/mol. The van der Waals surface area contributed by atoms with Crippen LogP contribution >= 0.6 is 0 Å². The van der Waals surface area contributed by atoms with Crippen LogP contribution in [0.3, 0.4) is 0 Å². The van der Waals surface area contributed by atoms with Crippen molar-refractivity contribution >= 4 is 39.2 Å². The molecular weight excluding hydrogens is 398 g/mol. The highest BCUT2D eigenvalue weighted by atomic mass is 16.2. The molecule has 1 aliphatic carbocycles. The van der Waals surface area contributed by atoms with Crippen LogP contribution in [-0.2, 0) is 11.3 Å². The Hall–Kier alpha value is -3.73. The zero-order valence-corrected chi connectivity index (χ0v) is 17.8. The first-order valence-electron chi connectivity index (χ1n) is 11.1. The summed E-state index contributed by atoms with van der Waals surface area (Å²) in [6.07, 6.45) is 5.90. The van der Waals surface area contributed by atoms with Crippen LogP contribution in [0.1, 0.15) is 41.6 Å². The van der Waals surface area contributed by atoms with Crippen molar-refractivity contribution in [2.24, 2.45) is 5.92 Å². The lowest BCUT2D eigenvalue weighted by molar-refractivity contribution is -0.119. The summed E-state index contributed by atoms with van der Waals surface area (Å²) in [7, 11) is 0. The van der Waals surface area contributed by atoms with E-state index >= 15 is 0 Å². The minimum atomic E-state index is -0.167. The summed E-state index contributed by atoms with van der Waals surface area (Å²) in [5, 5.41) is 9.10. The minimum Gasteiger partial charge on any atom is -0.348 e. The van der Waals surface area contributed by atoms with Crippen LogP contribution in [0.25, 0.3) is 21.7 Å². The maximum Gasteiger partial charge on any atom is 0.253 e. The van der Waals surface area contributed by atoms with Gasteiger partial charge in [-0.15, -0.1) is 0 Å². The molecule has 1 aromatic heterocycles. The summed E-state index contributed by atoms with van der Waals surface area (Å²) in [4.78, 5) is 30.0. The van der Waals surface area contributed by atoms with Crippen molar-refractivity contribution in [3.63, 3.8) is 0 Å². The molecule has 4 aromatic rings. The highest BCUT2D eigenvalue weighted by Gasteiger charge is 2.22. The van der Waals surface area contributed by atoms with Crippen LogP contribution in [0.5, 0.6) is 0 Å². The number of benzene rings is 3. The van der Waals surface area contributed by atoms with E-state index in [-0.39, 0.29) is 17.7 Å². The van der Waals surface area contributed by atoms with Crippen LogP contribution in [0, 0.1) is 5.92 Å². The normalized spacial score (nSPS) is 14.0. The molecule has 0 unspecified atom stereocenters. The van der Waals surface area contributed by atoms with Crippen LogP contribution in [0.15, 0.2) is 72.9 Å². The largest absolute Gasteiger partial charge is 0.348 e. The van der Waals surface area contributed by atoms with Gasteiger partial charge in [0.25, 0.3) is 5.91 Å². The maximum absolute atomic E-state index is 13.1. The van der Waals surface area contributed by atoms with E-state index in [1.54, 1.807) is 6.20 Å². The number of pyridine rings is 1. The molecule has 0 spiro atoms. The van der Waals surface area contributed by atoms with Crippen LogP contribution in [0.2, 0.25) is 0 Å². The van der Waals surface area contributed by atoms with E-state index in [0.29, 0.717) is 17.6 Å². The molecule has 3 aromatic carbocycles. The number of anilines is 1. The summed E-state index contributed by atoms with van der Waals surface area (Å²) in [5.74, 6) is 0.0456. The lowest BCUT2D eigenvalue weighted by Crippen LogP contribution is -2.23. The van der Waals surface area contributed by atoms with Crippen LogP contribution < -0.4 is 10.6 Å². The number of carbonyl (C=O) groups is 2. The van der Waals surface area contributed by atoms with Gasteiger partial charge in [0, 0.05) is 29.7 Å². The molecule has 1 saturated carbocycles. The summed E-state index contributed by atoms with van der Waals surface area (Å²) in [5.41, 5.74) is 2.96. The van der Waals surface area contributed by atoms with Gasteiger partial charge in [-0.3, -0.25) is 14.6 Å². The lowest BCUT2D eigenvalue weighted by atomic mass is 10.0. The highest BCUT2D eigenvalue weighted by molar-refractivity contribution is 6.15. The zero-order chi connectivity index (χ0) is 21.9.